The predicted octanol–water partition coefficient (Wildman–Crippen LogP) is 3.54. The van der Waals surface area contributed by atoms with Gasteiger partial charge in [0.25, 0.3) is 5.56 Å². The molecule has 3 aromatic rings. The standard InChI is InChI=1S/C21H19N5O2/c1-2-12-28-17-10-8-15(9-11-17)14-23-26-21-24-19(16-6-4-3-5-7-16)18(13-22)20(27)25-21/h3-11,14H,2,12H2,1H3,(H2,24,25,26,27). The van der Waals surface area contributed by atoms with E-state index < -0.39 is 5.56 Å². The number of aromatic nitrogens is 2. The van der Waals surface area contributed by atoms with Crippen LogP contribution in [0.15, 0.2) is 64.5 Å². The first-order valence-corrected chi connectivity index (χ1v) is 8.83. The van der Waals surface area contributed by atoms with Crippen LogP contribution in [0, 0.1) is 11.3 Å². The Morgan fingerprint density at radius 3 is 2.64 bits per heavy atom. The fraction of sp³-hybridized carbons (Fsp3) is 0.143. The molecule has 0 saturated heterocycles. The number of ether oxygens (including phenoxy) is 1. The number of nitriles is 1. The highest BCUT2D eigenvalue weighted by Crippen LogP contribution is 2.19. The maximum atomic E-state index is 12.2. The van der Waals surface area contributed by atoms with Gasteiger partial charge in [-0.15, -0.1) is 0 Å². The highest BCUT2D eigenvalue weighted by atomic mass is 16.5. The largest absolute Gasteiger partial charge is 0.494 e. The van der Waals surface area contributed by atoms with Crippen molar-refractivity contribution >= 4 is 12.2 Å². The van der Waals surface area contributed by atoms with Gasteiger partial charge in [-0.05, 0) is 36.2 Å². The third-order valence-corrected chi connectivity index (χ3v) is 3.82. The van der Waals surface area contributed by atoms with Crippen LogP contribution >= 0.6 is 0 Å². The van der Waals surface area contributed by atoms with E-state index in [2.05, 4.69) is 27.4 Å². The summed E-state index contributed by atoms with van der Waals surface area (Å²) in [5, 5.41) is 13.4. The van der Waals surface area contributed by atoms with Crippen LogP contribution in [0.25, 0.3) is 11.3 Å². The van der Waals surface area contributed by atoms with E-state index in [0.717, 1.165) is 17.7 Å². The van der Waals surface area contributed by atoms with E-state index >= 15 is 0 Å². The lowest BCUT2D eigenvalue weighted by atomic mass is 10.1. The number of rotatable bonds is 7. The first-order valence-electron chi connectivity index (χ1n) is 8.83. The van der Waals surface area contributed by atoms with Crippen LogP contribution in [0.3, 0.4) is 0 Å². The van der Waals surface area contributed by atoms with Gasteiger partial charge in [0.2, 0.25) is 5.95 Å². The van der Waals surface area contributed by atoms with Gasteiger partial charge in [-0.2, -0.15) is 10.4 Å². The Labute approximate surface area is 162 Å². The monoisotopic (exact) mass is 373 g/mol. The van der Waals surface area contributed by atoms with Crippen molar-refractivity contribution < 1.29 is 4.74 Å². The SMILES string of the molecule is CCCOc1ccc(C=NNc2nc(-c3ccccc3)c(C#N)c(=O)[nH]2)cc1. The fourth-order valence-electron chi connectivity index (χ4n) is 2.47. The van der Waals surface area contributed by atoms with E-state index in [9.17, 15) is 10.1 Å². The molecule has 0 saturated carbocycles. The molecule has 28 heavy (non-hydrogen) atoms. The second kappa shape index (κ2) is 9.14. The van der Waals surface area contributed by atoms with Crippen molar-refractivity contribution in [3.05, 3.63) is 76.1 Å². The number of nitrogens with zero attached hydrogens (tertiary/aromatic N) is 3. The average Bonchev–Trinajstić information content (AvgIpc) is 2.73. The molecule has 7 nitrogen and oxygen atoms in total. The zero-order chi connectivity index (χ0) is 19.8. The molecule has 140 valence electrons. The number of benzene rings is 2. The van der Waals surface area contributed by atoms with Crippen molar-refractivity contribution in [3.8, 4) is 23.1 Å². The van der Waals surface area contributed by atoms with Crippen LogP contribution in [0.5, 0.6) is 5.75 Å². The molecule has 3 rings (SSSR count). The molecule has 0 amide bonds. The number of nitrogens with one attached hydrogen (secondary N) is 2. The molecule has 0 aliphatic rings. The minimum atomic E-state index is -0.522. The number of hydrogen-bond donors (Lipinski definition) is 2. The lowest BCUT2D eigenvalue weighted by Gasteiger charge is -2.06. The van der Waals surface area contributed by atoms with Gasteiger partial charge >= 0.3 is 0 Å². The minimum Gasteiger partial charge on any atom is -0.494 e. The highest BCUT2D eigenvalue weighted by Gasteiger charge is 2.12. The molecule has 0 atom stereocenters. The molecule has 2 aromatic carbocycles. The topological polar surface area (TPSA) is 103 Å². The Hall–Kier alpha value is -3.92. The summed E-state index contributed by atoms with van der Waals surface area (Å²) in [6.07, 6.45) is 2.55. The van der Waals surface area contributed by atoms with Gasteiger partial charge in [-0.1, -0.05) is 37.3 Å². The molecule has 0 bridgehead atoms. The molecule has 1 aromatic heterocycles. The third kappa shape index (κ3) is 4.62. The van der Waals surface area contributed by atoms with Crippen molar-refractivity contribution in [3.63, 3.8) is 0 Å². The van der Waals surface area contributed by atoms with Crippen LogP contribution in [0.4, 0.5) is 5.95 Å². The Bertz CT molecular complexity index is 1050. The zero-order valence-corrected chi connectivity index (χ0v) is 15.3. The molecule has 0 fully saturated rings. The lowest BCUT2D eigenvalue weighted by molar-refractivity contribution is 0.317. The Morgan fingerprint density at radius 1 is 1.21 bits per heavy atom. The van der Waals surface area contributed by atoms with Crippen LogP contribution in [-0.4, -0.2) is 22.8 Å². The van der Waals surface area contributed by atoms with Gasteiger partial charge in [0.05, 0.1) is 18.5 Å². The van der Waals surface area contributed by atoms with E-state index in [4.69, 9.17) is 4.74 Å². The molecule has 0 spiro atoms. The number of anilines is 1. The maximum absolute atomic E-state index is 12.2. The van der Waals surface area contributed by atoms with E-state index in [1.807, 2.05) is 48.5 Å². The number of hydrazone groups is 1. The fourth-order valence-corrected chi connectivity index (χ4v) is 2.47. The molecule has 0 aliphatic carbocycles. The minimum absolute atomic E-state index is 0.0385. The number of aromatic amines is 1. The Morgan fingerprint density at radius 2 is 1.96 bits per heavy atom. The molecule has 1 heterocycles. The zero-order valence-electron chi connectivity index (χ0n) is 15.3. The summed E-state index contributed by atoms with van der Waals surface area (Å²) in [5.74, 6) is 0.958. The summed E-state index contributed by atoms with van der Waals surface area (Å²) in [4.78, 5) is 19.1. The molecule has 0 aliphatic heterocycles. The Kier molecular flexibility index (Phi) is 6.16. The maximum Gasteiger partial charge on any atom is 0.270 e. The third-order valence-electron chi connectivity index (χ3n) is 3.82. The molecular weight excluding hydrogens is 354 g/mol. The first kappa shape index (κ1) is 18.9. The van der Waals surface area contributed by atoms with Crippen molar-refractivity contribution in [1.82, 2.24) is 9.97 Å². The molecule has 0 radical (unpaired) electrons. The summed E-state index contributed by atoms with van der Waals surface area (Å²) in [5.41, 5.74) is 3.99. The second-order valence-corrected chi connectivity index (χ2v) is 5.90. The van der Waals surface area contributed by atoms with E-state index in [-0.39, 0.29) is 11.5 Å². The van der Waals surface area contributed by atoms with Crippen LogP contribution in [0.1, 0.15) is 24.5 Å². The molecular formula is C21H19N5O2. The van der Waals surface area contributed by atoms with Crippen molar-refractivity contribution in [1.29, 1.82) is 5.26 Å². The predicted molar refractivity (Wildman–Crippen MR) is 108 cm³/mol. The smallest absolute Gasteiger partial charge is 0.270 e. The van der Waals surface area contributed by atoms with Crippen molar-refractivity contribution in [2.24, 2.45) is 5.10 Å². The summed E-state index contributed by atoms with van der Waals surface area (Å²) in [6, 6.07) is 18.5. The summed E-state index contributed by atoms with van der Waals surface area (Å²) in [6.45, 7) is 2.73. The first-order chi connectivity index (χ1) is 13.7. The quantitative estimate of drug-likeness (QED) is 0.487. The number of H-pyrrole nitrogens is 1. The van der Waals surface area contributed by atoms with Crippen molar-refractivity contribution in [2.45, 2.75) is 13.3 Å². The van der Waals surface area contributed by atoms with E-state index in [1.54, 1.807) is 18.3 Å². The van der Waals surface area contributed by atoms with Crippen LogP contribution in [-0.2, 0) is 0 Å². The van der Waals surface area contributed by atoms with Gasteiger partial charge in [-0.25, -0.2) is 10.4 Å². The molecule has 0 unspecified atom stereocenters. The summed E-state index contributed by atoms with van der Waals surface area (Å²) >= 11 is 0. The van der Waals surface area contributed by atoms with Crippen molar-refractivity contribution in [2.75, 3.05) is 12.0 Å². The highest BCUT2D eigenvalue weighted by molar-refractivity contribution is 5.80. The molecule has 7 heteroatoms. The Balaban J connectivity index is 1.78. The van der Waals surface area contributed by atoms with Gasteiger partial charge < -0.3 is 4.74 Å². The lowest BCUT2D eigenvalue weighted by Crippen LogP contribution is -2.16. The molecule has 2 N–H and O–H groups in total. The second-order valence-electron chi connectivity index (χ2n) is 5.90. The van der Waals surface area contributed by atoms with Gasteiger partial charge in [0.15, 0.2) is 0 Å². The summed E-state index contributed by atoms with van der Waals surface area (Å²) < 4.78 is 5.54. The van der Waals surface area contributed by atoms with Crippen LogP contribution < -0.4 is 15.7 Å². The van der Waals surface area contributed by atoms with E-state index in [0.29, 0.717) is 17.9 Å². The summed E-state index contributed by atoms with van der Waals surface area (Å²) in [7, 11) is 0. The number of hydrogen-bond acceptors (Lipinski definition) is 6. The van der Waals surface area contributed by atoms with Gasteiger partial charge in [-0.3, -0.25) is 9.78 Å². The van der Waals surface area contributed by atoms with Gasteiger partial charge in [0.1, 0.15) is 17.4 Å². The van der Waals surface area contributed by atoms with Gasteiger partial charge in [0, 0.05) is 5.56 Å². The normalized spacial score (nSPS) is 10.6. The van der Waals surface area contributed by atoms with Crippen LogP contribution in [0.2, 0.25) is 0 Å². The average molecular weight is 373 g/mol. The van der Waals surface area contributed by atoms with E-state index in [1.165, 1.54) is 0 Å².